The van der Waals surface area contributed by atoms with Gasteiger partial charge in [-0.15, -0.1) is 11.3 Å². The summed E-state index contributed by atoms with van der Waals surface area (Å²) in [4.78, 5) is 14.8. The summed E-state index contributed by atoms with van der Waals surface area (Å²) in [6.45, 7) is 1.66. The molecule has 1 atom stereocenters. The Hall–Kier alpha value is -1.99. The molecule has 1 aromatic heterocycles. The van der Waals surface area contributed by atoms with Crippen LogP contribution in [0, 0.1) is 12.7 Å². The van der Waals surface area contributed by atoms with E-state index in [1.54, 1.807) is 24.4 Å². The van der Waals surface area contributed by atoms with Gasteiger partial charge in [0.2, 0.25) is 0 Å². The number of nitrogens with zero attached hydrogens (tertiary/aromatic N) is 1. The Bertz CT molecular complexity index is 615. The lowest BCUT2D eigenvalue weighted by Crippen LogP contribution is -2.20. The van der Waals surface area contributed by atoms with Crippen molar-refractivity contribution < 1.29 is 14.3 Å². The number of carbonyl (C=O) groups is 1. The quantitative estimate of drug-likeness (QED) is 0.801. The summed E-state index contributed by atoms with van der Waals surface area (Å²) in [6, 6.07) is 3.45. The average molecular weight is 281 g/mol. The van der Waals surface area contributed by atoms with Crippen molar-refractivity contribution >= 4 is 28.1 Å². The first-order chi connectivity index (χ1) is 8.97. The van der Waals surface area contributed by atoms with Crippen LogP contribution in [0.3, 0.4) is 0 Å². The van der Waals surface area contributed by atoms with Gasteiger partial charge in [-0.05, 0) is 30.7 Å². The minimum Gasteiger partial charge on any atom is -0.480 e. The second-order valence-electron chi connectivity index (χ2n) is 3.98. The normalized spacial score (nSPS) is 12.2. The molecule has 5 nitrogen and oxygen atoms in total. The number of anilines is 2. The van der Waals surface area contributed by atoms with Crippen molar-refractivity contribution in [3.05, 3.63) is 40.7 Å². The molecule has 0 saturated carbocycles. The number of carboxylic acid groups (broad SMARTS) is 1. The second kappa shape index (κ2) is 5.33. The Balaban J connectivity index is 2.15. The van der Waals surface area contributed by atoms with Gasteiger partial charge in [0.25, 0.3) is 0 Å². The van der Waals surface area contributed by atoms with Gasteiger partial charge in [-0.25, -0.2) is 9.37 Å². The van der Waals surface area contributed by atoms with Gasteiger partial charge >= 0.3 is 5.97 Å². The predicted molar refractivity (Wildman–Crippen MR) is 71.1 cm³/mol. The van der Waals surface area contributed by atoms with Crippen LogP contribution in [0.4, 0.5) is 15.2 Å². The lowest BCUT2D eigenvalue weighted by molar-refractivity contribution is -0.138. The highest BCUT2D eigenvalue weighted by Gasteiger charge is 2.17. The molecule has 0 saturated heterocycles. The fourth-order valence-electron chi connectivity index (χ4n) is 1.46. The van der Waals surface area contributed by atoms with Gasteiger partial charge in [0.1, 0.15) is 11.9 Å². The van der Waals surface area contributed by atoms with Gasteiger partial charge in [-0.2, -0.15) is 0 Å². The van der Waals surface area contributed by atoms with Crippen molar-refractivity contribution in [1.82, 2.24) is 4.98 Å². The van der Waals surface area contributed by atoms with Crippen LogP contribution in [0.25, 0.3) is 0 Å². The van der Waals surface area contributed by atoms with Crippen LogP contribution in [0.1, 0.15) is 17.3 Å². The van der Waals surface area contributed by atoms with E-state index in [-0.39, 0.29) is 5.82 Å². The molecule has 0 aliphatic carbocycles. The highest BCUT2D eigenvalue weighted by atomic mass is 32.1. The molecule has 1 unspecified atom stereocenters. The Morgan fingerprint density at radius 2 is 2.32 bits per heavy atom. The molecule has 0 radical (unpaired) electrons. The van der Waals surface area contributed by atoms with Gasteiger partial charge in [0, 0.05) is 11.1 Å². The summed E-state index contributed by atoms with van der Waals surface area (Å²) in [6.07, 6.45) is 0. The highest BCUT2D eigenvalue weighted by molar-refractivity contribution is 7.13. The standard InChI is InChI=1S/C12H12FN3O2S/c1-6-4-7(2-3-8(6)13)15-12-16-9(5-19-12)10(14)11(17)18/h2-5,10H,14H2,1H3,(H,15,16)(H,17,18). The summed E-state index contributed by atoms with van der Waals surface area (Å²) in [5, 5.41) is 13.8. The van der Waals surface area contributed by atoms with Crippen LogP contribution in [-0.4, -0.2) is 16.1 Å². The van der Waals surface area contributed by atoms with Gasteiger partial charge in [0.15, 0.2) is 5.13 Å². The highest BCUT2D eigenvalue weighted by Crippen LogP contribution is 2.24. The molecule has 1 aromatic carbocycles. The van der Waals surface area contributed by atoms with E-state index in [0.29, 0.717) is 22.1 Å². The van der Waals surface area contributed by atoms with Crippen molar-refractivity contribution in [1.29, 1.82) is 0 Å². The summed E-state index contributed by atoms with van der Waals surface area (Å²) in [7, 11) is 0. The topological polar surface area (TPSA) is 88.2 Å². The van der Waals surface area contributed by atoms with Crippen molar-refractivity contribution in [3.8, 4) is 0 Å². The molecule has 0 fully saturated rings. The first-order valence-corrected chi connectivity index (χ1v) is 6.32. The van der Waals surface area contributed by atoms with Crippen molar-refractivity contribution in [2.45, 2.75) is 13.0 Å². The van der Waals surface area contributed by atoms with E-state index >= 15 is 0 Å². The zero-order valence-corrected chi connectivity index (χ0v) is 10.9. The first-order valence-electron chi connectivity index (χ1n) is 5.44. The van der Waals surface area contributed by atoms with Gasteiger partial charge in [-0.1, -0.05) is 0 Å². The van der Waals surface area contributed by atoms with Gasteiger partial charge in [-0.3, -0.25) is 4.79 Å². The molecule has 0 aliphatic rings. The fourth-order valence-corrected chi connectivity index (χ4v) is 2.23. The van der Waals surface area contributed by atoms with E-state index in [2.05, 4.69) is 10.3 Å². The molecular weight excluding hydrogens is 269 g/mol. The monoisotopic (exact) mass is 281 g/mol. The number of hydrogen-bond acceptors (Lipinski definition) is 5. The molecule has 4 N–H and O–H groups in total. The van der Waals surface area contributed by atoms with Crippen LogP contribution in [0.5, 0.6) is 0 Å². The number of benzene rings is 1. The first kappa shape index (κ1) is 13.4. The van der Waals surface area contributed by atoms with Crippen LogP contribution >= 0.6 is 11.3 Å². The number of halogens is 1. The zero-order valence-electron chi connectivity index (χ0n) is 10.1. The maximum Gasteiger partial charge on any atom is 0.326 e. The van der Waals surface area contributed by atoms with Gasteiger partial charge in [0.05, 0.1) is 5.69 Å². The molecule has 0 amide bonds. The minimum absolute atomic E-state index is 0.279. The Morgan fingerprint density at radius 1 is 1.58 bits per heavy atom. The van der Waals surface area contributed by atoms with E-state index in [1.165, 1.54) is 17.4 Å². The number of rotatable bonds is 4. The molecule has 100 valence electrons. The number of aryl methyl sites for hydroxylation is 1. The summed E-state index contributed by atoms with van der Waals surface area (Å²) in [5.74, 6) is -1.41. The van der Waals surface area contributed by atoms with E-state index in [4.69, 9.17) is 10.8 Å². The molecule has 7 heteroatoms. The molecule has 2 rings (SSSR count). The molecule has 19 heavy (non-hydrogen) atoms. The number of aromatic nitrogens is 1. The third-order valence-corrected chi connectivity index (χ3v) is 3.29. The third kappa shape index (κ3) is 3.07. The van der Waals surface area contributed by atoms with Crippen LogP contribution in [0.2, 0.25) is 0 Å². The zero-order chi connectivity index (χ0) is 14.0. The van der Waals surface area contributed by atoms with E-state index in [0.717, 1.165) is 0 Å². The van der Waals surface area contributed by atoms with Crippen LogP contribution in [-0.2, 0) is 4.79 Å². The van der Waals surface area contributed by atoms with E-state index < -0.39 is 12.0 Å². The minimum atomic E-state index is -1.14. The molecule has 0 spiro atoms. The summed E-state index contributed by atoms with van der Waals surface area (Å²) < 4.78 is 13.1. The Morgan fingerprint density at radius 3 is 2.95 bits per heavy atom. The SMILES string of the molecule is Cc1cc(Nc2nc(C(N)C(=O)O)cs2)ccc1F. The number of hydrogen-bond donors (Lipinski definition) is 3. The summed E-state index contributed by atoms with van der Waals surface area (Å²) >= 11 is 1.24. The molecule has 0 aliphatic heterocycles. The second-order valence-corrected chi connectivity index (χ2v) is 4.84. The Kier molecular flexibility index (Phi) is 3.77. The van der Waals surface area contributed by atoms with E-state index in [9.17, 15) is 9.18 Å². The lowest BCUT2D eigenvalue weighted by Gasteiger charge is -2.04. The molecular formula is C12H12FN3O2S. The number of carboxylic acids is 1. The molecule has 1 heterocycles. The van der Waals surface area contributed by atoms with Crippen molar-refractivity contribution in [2.75, 3.05) is 5.32 Å². The maximum atomic E-state index is 13.1. The largest absolute Gasteiger partial charge is 0.480 e. The molecule has 2 aromatic rings. The van der Waals surface area contributed by atoms with Crippen LogP contribution in [0.15, 0.2) is 23.6 Å². The van der Waals surface area contributed by atoms with Crippen LogP contribution < -0.4 is 11.1 Å². The van der Waals surface area contributed by atoms with Crippen molar-refractivity contribution in [2.24, 2.45) is 5.73 Å². The van der Waals surface area contributed by atoms with Crippen molar-refractivity contribution in [3.63, 3.8) is 0 Å². The smallest absolute Gasteiger partial charge is 0.326 e. The average Bonchev–Trinajstić information content (AvgIpc) is 2.81. The molecule has 0 bridgehead atoms. The lowest BCUT2D eigenvalue weighted by atomic mass is 10.2. The third-order valence-electron chi connectivity index (χ3n) is 2.52. The van der Waals surface area contributed by atoms with E-state index in [1.807, 2.05) is 0 Å². The number of nitrogens with one attached hydrogen (secondary N) is 1. The number of thiazole rings is 1. The fraction of sp³-hybridized carbons (Fsp3) is 0.167. The predicted octanol–water partition coefficient (Wildman–Crippen LogP) is 2.42. The number of nitrogens with two attached hydrogens (primary N) is 1. The summed E-state index contributed by atoms with van der Waals surface area (Å²) in [5.41, 5.74) is 6.95. The Labute approximate surface area is 112 Å². The maximum absolute atomic E-state index is 13.1. The number of aliphatic carboxylic acids is 1. The van der Waals surface area contributed by atoms with Gasteiger partial charge < -0.3 is 16.2 Å².